The molecule has 1 atom stereocenters. The average molecular weight is 317 g/mol. The zero-order valence-electron chi connectivity index (χ0n) is 9.85. The highest BCUT2D eigenvalue weighted by Gasteiger charge is 2.32. The molecular weight excluding hydrogens is 304 g/mol. The largest absolute Gasteiger partial charge is 0.469 e. The number of nitrogens with zero attached hydrogens (tertiary/aromatic N) is 3. The number of hydrogen-bond donors (Lipinski definition) is 1. The number of ether oxygens (including phenoxy) is 1. The maximum atomic E-state index is 11.8. The molecule has 0 spiro atoms. The Morgan fingerprint density at radius 3 is 3.06 bits per heavy atom. The van der Waals surface area contributed by atoms with Gasteiger partial charge < -0.3 is 4.74 Å². The van der Waals surface area contributed by atoms with Gasteiger partial charge in [0.15, 0.2) is 0 Å². The van der Waals surface area contributed by atoms with E-state index >= 15 is 0 Å². The molecule has 1 aliphatic rings. The molecule has 1 saturated heterocycles. The van der Waals surface area contributed by atoms with E-state index in [0.29, 0.717) is 24.7 Å². The SMILES string of the molecule is COC(=O)Cc1nc(N2CC(CBr)CC2=O)n[nH]1. The molecule has 0 aliphatic carbocycles. The number of aromatic nitrogens is 3. The fourth-order valence-corrected chi connectivity index (χ4v) is 2.21. The van der Waals surface area contributed by atoms with Crippen molar-refractivity contribution in [3.05, 3.63) is 5.82 Å². The fourth-order valence-electron chi connectivity index (χ4n) is 1.77. The van der Waals surface area contributed by atoms with Crippen molar-refractivity contribution in [2.75, 3.05) is 23.9 Å². The number of carbonyl (C=O) groups excluding carboxylic acids is 2. The number of H-pyrrole nitrogens is 1. The van der Waals surface area contributed by atoms with Gasteiger partial charge in [-0.1, -0.05) is 15.9 Å². The van der Waals surface area contributed by atoms with Crippen molar-refractivity contribution in [2.45, 2.75) is 12.8 Å². The number of carbonyl (C=O) groups is 2. The van der Waals surface area contributed by atoms with Gasteiger partial charge in [-0.15, -0.1) is 5.10 Å². The summed E-state index contributed by atoms with van der Waals surface area (Å²) in [6, 6.07) is 0. The second-order valence-electron chi connectivity index (χ2n) is 4.06. The minimum Gasteiger partial charge on any atom is -0.469 e. The van der Waals surface area contributed by atoms with Crippen LogP contribution in [0.3, 0.4) is 0 Å². The molecule has 7 nitrogen and oxygen atoms in total. The van der Waals surface area contributed by atoms with Crippen LogP contribution in [-0.2, 0) is 20.7 Å². The molecule has 1 aromatic rings. The summed E-state index contributed by atoms with van der Waals surface area (Å²) >= 11 is 3.36. The van der Waals surface area contributed by atoms with Crippen LogP contribution >= 0.6 is 15.9 Å². The smallest absolute Gasteiger partial charge is 0.313 e. The fraction of sp³-hybridized carbons (Fsp3) is 0.600. The Hall–Kier alpha value is -1.44. The highest BCUT2D eigenvalue weighted by Crippen LogP contribution is 2.23. The average Bonchev–Trinajstić information content (AvgIpc) is 2.95. The van der Waals surface area contributed by atoms with E-state index in [1.54, 1.807) is 0 Å². The second-order valence-corrected chi connectivity index (χ2v) is 4.71. The Morgan fingerprint density at radius 2 is 2.44 bits per heavy atom. The molecule has 1 N–H and O–H groups in total. The lowest BCUT2D eigenvalue weighted by atomic mass is 10.2. The van der Waals surface area contributed by atoms with Gasteiger partial charge >= 0.3 is 5.97 Å². The van der Waals surface area contributed by atoms with Crippen LogP contribution in [0.25, 0.3) is 0 Å². The number of aromatic amines is 1. The summed E-state index contributed by atoms with van der Waals surface area (Å²) in [5.74, 6) is 0.598. The summed E-state index contributed by atoms with van der Waals surface area (Å²) < 4.78 is 4.53. The second kappa shape index (κ2) is 5.47. The number of methoxy groups -OCH3 is 1. The molecule has 1 fully saturated rings. The summed E-state index contributed by atoms with van der Waals surface area (Å²) in [5, 5.41) is 7.36. The van der Waals surface area contributed by atoms with E-state index in [1.165, 1.54) is 12.0 Å². The van der Waals surface area contributed by atoms with Gasteiger partial charge in [0, 0.05) is 18.3 Å². The van der Waals surface area contributed by atoms with Crippen LogP contribution in [-0.4, -0.2) is 46.0 Å². The first-order valence-electron chi connectivity index (χ1n) is 5.48. The van der Waals surface area contributed by atoms with Crippen molar-refractivity contribution >= 4 is 33.8 Å². The van der Waals surface area contributed by atoms with Crippen LogP contribution in [0.15, 0.2) is 0 Å². The molecule has 1 amide bonds. The third-order valence-corrected chi connectivity index (χ3v) is 3.64. The van der Waals surface area contributed by atoms with E-state index < -0.39 is 5.97 Å². The first-order valence-corrected chi connectivity index (χ1v) is 6.60. The Morgan fingerprint density at radius 1 is 1.67 bits per heavy atom. The lowest BCUT2D eigenvalue weighted by molar-refractivity contribution is -0.139. The van der Waals surface area contributed by atoms with Gasteiger partial charge in [-0.3, -0.25) is 19.6 Å². The number of halogens is 1. The maximum Gasteiger partial charge on any atom is 0.313 e. The van der Waals surface area contributed by atoms with Crippen molar-refractivity contribution in [1.82, 2.24) is 15.2 Å². The van der Waals surface area contributed by atoms with Crippen LogP contribution in [0, 0.1) is 5.92 Å². The predicted molar refractivity (Wildman–Crippen MR) is 66.4 cm³/mol. The van der Waals surface area contributed by atoms with Crippen LogP contribution < -0.4 is 4.90 Å². The van der Waals surface area contributed by atoms with Crippen LogP contribution in [0.1, 0.15) is 12.2 Å². The van der Waals surface area contributed by atoms with Gasteiger partial charge in [-0.2, -0.15) is 4.98 Å². The van der Waals surface area contributed by atoms with E-state index in [-0.39, 0.29) is 18.2 Å². The summed E-state index contributed by atoms with van der Waals surface area (Å²) in [6.45, 7) is 0.597. The lowest BCUT2D eigenvalue weighted by Crippen LogP contribution is -2.25. The molecule has 18 heavy (non-hydrogen) atoms. The van der Waals surface area contributed by atoms with Gasteiger partial charge in [-0.25, -0.2) is 0 Å². The van der Waals surface area contributed by atoms with Gasteiger partial charge in [-0.05, 0) is 5.92 Å². The zero-order valence-corrected chi connectivity index (χ0v) is 11.4. The standard InChI is InChI=1S/C10H13BrN4O3/c1-18-9(17)3-7-12-10(14-13-7)15-5-6(4-11)2-8(15)16/h6H,2-5H2,1H3,(H,12,13,14). The Balaban J connectivity index is 2.06. The van der Waals surface area contributed by atoms with E-state index in [2.05, 4.69) is 35.8 Å². The van der Waals surface area contributed by atoms with Crippen LogP contribution in [0.5, 0.6) is 0 Å². The molecule has 0 bridgehead atoms. The Kier molecular flexibility index (Phi) is 3.95. The summed E-state index contributed by atoms with van der Waals surface area (Å²) in [7, 11) is 1.31. The molecule has 98 valence electrons. The van der Waals surface area contributed by atoms with E-state index in [0.717, 1.165) is 5.33 Å². The number of hydrogen-bond acceptors (Lipinski definition) is 5. The third kappa shape index (κ3) is 2.69. The monoisotopic (exact) mass is 316 g/mol. The number of esters is 1. The quantitative estimate of drug-likeness (QED) is 0.636. The van der Waals surface area contributed by atoms with Crippen molar-refractivity contribution in [3.8, 4) is 0 Å². The van der Waals surface area contributed by atoms with Gasteiger partial charge in [0.25, 0.3) is 5.95 Å². The highest BCUT2D eigenvalue weighted by atomic mass is 79.9. The third-order valence-electron chi connectivity index (χ3n) is 2.72. The van der Waals surface area contributed by atoms with E-state index in [9.17, 15) is 9.59 Å². The molecule has 1 aliphatic heterocycles. The minimum atomic E-state index is -0.399. The molecule has 2 heterocycles. The first kappa shape index (κ1) is 13.0. The number of alkyl halides is 1. The number of nitrogens with one attached hydrogen (secondary N) is 1. The summed E-state index contributed by atoms with van der Waals surface area (Å²) in [5.41, 5.74) is 0. The number of amides is 1. The molecule has 0 aromatic carbocycles. The number of rotatable bonds is 4. The highest BCUT2D eigenvalue weighted by molar-refractivity contribution is 9.09. The molecular formula is C10H13BrN4O3. The maximum absolute atomic E-state index is 11.8. The molecule has 8 heteroatoms. The van der Waals surface area contributed by atoms with Crippen molar-refractivity contribution in [1.29, 1.82) is 0 Å². The van der Waals surface area contributed by atoms with E-state index in [1.807, 2.05) is 0 Å². The number of anilines is 1. The van der Waals surface area contributed by atoms with Gasteiger partial charge in [0.05, 0.1) is 7.11 Å². The molecule has 1 unspecified atom stereocenters. The van der Waals surface area contributed by atoms with Crippen LogP contribution in [0.2, 0.25) is 0 Å². The predicted octanol–water partition coefficient (Wildman–Crippen LogP) is 0.268. The van der Waals surface area contributed by atoms with Crippen LogP contribution in [0.4, 0.5) is 5.95 Å². The van der Waals surface area contributed by atoms with Gasteiger partial charge in [0.1, 0.15) is 12.2 Å². The molecule has 0 saturated carbocycles. The summed E-state index contributed by atoms with van der Waals surface area (Å²) in [6.07, 6.45) is 0.513. The minimum absolute atomic E-state index is 0.00284. The van der Waals surface area contributed by atoms with Crippen molar-refractivity contribution in [2.24, 2.45) is 5.92 Å². The van der Waals surface area contributed by atoms with E-state index in [4.69, 9.17) is 0 Å². The lowest BCUT2D eigenvalue weighted by Gasteiger charge is -2.10. The Labute approximate surface area is 112 Å². The first-order chi connectivity index (χ1) is 8.63. The Bertz CT molecular complexity index is 462. The van der Waals surface area contributed by atoms with Crippen molar-refractivity contribution < 1.29 is 14.3 Å². The molecule has 0 radical (unpaired) electrons. The molecule has 2 rings (SSSR count). The van der Waals surface area contributed by atoms with Crippen molar-refractivity contribution in [3.63, 3.8) is 0 Å². The molecule has 1 aromatic heterocycles. The topological polar surface area (TPSA) is 88.2 Å². The normalized spacial score (nSPS) is 19.3. The zero-order chi connectivity index (χ0) is 13.1. The summed E-state index contributed by atoms with van der Waals surface area (Å²) in [4.78, 5) is 28.5. The van der Waals surface area contributed by atoms with Gasteiger partial charge in [0.2, 0.25) is 5.91 Å².